The Hall–Kier alpha value is -1.30. The SMILES string of the molecule is Cc1ccc(C)c(OCCC(=O)NCCN2CCNCC2)c1.Cl. The van der Waals surface area contributed by atoms with E-state index in [0.29, 0.717) is 19.6 Å². The molecule has 2 N–H and O–H groups in total. The molecule has 1 aromatic rings. The van der Waals surface area contributed by atoms with Crippen molar-refractivity contribution in [3.63, 3.8) is 0 Å². The van der Waals surface area contributed by atoms with Crippen LogP contribution in [0.2, 0.25) is 0 Å². The van der Waals surface area contributed by atoms with Crippen LogP contribution in [0.1, 0.15) is 17.5 Å². The summed E-state index contributed by atoms with van der Waals surface area (Å²) in [6.07, 6.45) is 0.398. The van der Waals surface area contributed by atoms with Gasteiger partial charge in [0.25, 0.3) is 0 Å². The average molecular weight is 342 g/mol. The normalized spacial score (nSPS) is 14.9. The lowest BCUT2D eigenvalue weighted by Gasteiger charge is -2.27. The highest BCUT2D eigenvalue weighted by molar-refractivity contribution is 5.85. The first-order valence-electron chi connectivity index (χ1n) is 8.05. The van der Waals surface area contributed by atoms with Gasteiger partial charge < -0.3 is 15.4 Å². The first kappa shape index (κ1) is 19.7. The Labute approximate surface area is 145 Å². The fraction of sp³-hybridized carbons (Fsp3) is 0.588. The molecular weight excluding hydrogens is 314 g/mol. The van der Waals surface area contributed by atoms with E-state index in [9.17, 15) is 4.79 Å². The van der Waals surface area contributed by atoms with E-state index in [-0.39, 0.29) is 18.3 Å². The fourth-order valence-electron chi connectivity index (χ4n) is 2.49. The van der Waals surface area contributed by atoms with E-state index in [1.807, 2.05) is 26.0 Å². The third kappa shape index (κ3) is 7.20. The van der Waals surface area contributed by atoms with Crippen molar-refractivity contribution in [2.45, 2.75) is 20.3 Å². The Morgan fingerprint density at radius 3 is 2.78 bits per heavy atom. The highest BCUT2D eigenvalue weighted by atomic mass is 35.5. The van der Waals surface area contributed by atoms with Gasteiger partial charge in [0.1, 0.15) is 5.75 Å². The third-order valence-electron chi connectivity index (χ3n) is 3.89. The van der Waals surface area contributed by atoms with Crippen molar-refractivity contribution < 1.29 is 9.53 Å². The molecule has 1 fully saturated rings. The number of hydrogen-bond acceptors (Lipinski definition) is 4. The molecule has 0 bridgehead atoms. The largest absolute Gasteiger partial charge is 0.493 e. The van der Waals surface area contributed by atoms with Gasteiger partial charge in [-0.2, -0.15) is 0 Å². The number of nitrogens with one attached hydrogen (secondary N) is 2. The fourth-order valence-corrected chi connectivity index (χ4v) is 2.49. The molecule has 1 aliphatic rings. The molecule has 2 rings (SSSR count). The number of ether oxygens (including phenoxy) is 1. The van der Waals surface area contributed by atoms with Crippen LogP contribution in [0.25, 0.3) is 0 Å². The van der Waals surface area contributed by atoms with Crippen molar-refractivity contribution in [3.05, 3.63) is 29.3 Å². The molecule has 1 heterocycles. The summed E-state index contributed by atoms with van der Waals surface area (Å²) in [6, 6.07) is 6.11. The molecule has 1 aromatic carbocycles. The van der Waals surface area contributed by atoms with Crippen LogP contribution >= 0.6 is 12.4 Å². The monoisotopic (exact) mass is 341 g/mol. The van der Waals surface area contributed by atoms with Gasteiger partial charge in [-0.1, -0.05) is 12.1 Å². The molecule has 0 spiro atoms. The van der Waals surface area contributed by atoms with Crippen LogP contribution in [0.5, 0.6) is 5.75 Å². The smallest absolute Gasteiger partial charge is 0.223 e. The summed E-state index contributed by atoms with van der Waals surface area (Å²) in [5.74, 6) is 0.925. The lowest BCUT2D eigenvalue weighted by Crippen LogP contribution is -2.46. The van der Waals surface area contributed by atoms with E-state index in [1.54, 1.807) is 0 Å². The summed E-state index contributed by atoms with van der Waals surface area (Å²) >= 11 is 0. The highest BCUT2D eigenvalue weighted by Crippen LogP contribution is 2.19. The van der Waals surface area contributed by atoms with Gasteiger partial charge in [0.15, 0.2) is 0 Å². The van der Waals surface area contributed by atoms with Gasteiger partial charge in [-0.3, -0.25) is 9.69 Å². The topological polar surface area (TPSA) is 53.6 Å². The molecule has 23 heavy (non-hydrogen) atoms. The Morgan fingerprint density at radius 2 is 2.04 bits per heavy atom. The molecule has 5 nitrogen and oxygen atoms in total. The van der Waals surface area contributed by atoms with Gasteiger partial charge in [0.2, 0.25) is 5.91 Å². The number of halogens is 1. The van der Waals surface area contributed by atoms with Gasteiger partial charge in [0.05, 0.1) is 13.0 Å². The van der Waals surface area contributed by atoms with Crippen LogP contribution in [-0.4, -0.2) is 56.7 Å². The second-order valence-corrected chi connectivity index (χ2v) is 5.81. The molecule has 1 amide bonds. The van der Waals surface area contributed by atoms with Crippen molar-refractivity contribution in [1.29, 1.82) is 0 Å². The molecule has 6 heteroatoms. The van der Waals surface area contributed by atoms with E-state index >= 15 is 0 Å². The number of aryl methyl sites for hydroxylation is 2. The number of piperazine rings is 1. The van der Waals surface area contributed by atoms with Crippen LogP contribution in [0.15, 0.2) is 18.2 Å². The maximum Gasteiger partial charge on any atom is 0.223 e. The van der Waals surface area contributed by atoms with E-state index in [1.165, 1.54) is 5.56 Å². The Balaban J connectivity index is 0.00000264. The predicted octanol–water partition coefficient (Wildman–Crippen LogP) is 1.52. The minimum absolute atomic E-state index is 0. The minimum Gasteiger partial charge on any atom is -0.493 e. The van der Waals surface area contributed by atoms with E-state index in [2.05, 4.69) is 21.6 Å². The second kappa shape index (κ2) is 10.5. The molecule has 1 aliphatic heterocycles. The lowest BCUT2D eigenvalue weighted by molar-refractivity contribution is -0.121. The summed E-state index contributed by atoms with van der Waals surface area (Å²) in [4.78, 5) is 14.2. The quantitative estimate of drug-likeness (QED) is 0.789. The highest BCUT2D eigenvalue weighted by Gasteiger charge is 2.09. The number of nitrogens with zero attached hydrogens (tertiary/aromatic N) is 1. The molecule has 1 saturated heterocycles. The number of benzene rings is 1. The van der Waals surface area contributed by atoms with E-state index in [0.717, 1.165) is 44.0 Å². The van der Waals surface area contributed by atoms with Crippen molar-refractivity contribution in [2.75, 3.05) is 45.9 Å². The van der Waals surface area contributed by atoms with Crippen LogP contribution in [0.4, 0.5) is 0 Å². The van der Waals surface area contributed by atoms with Crippen molar-refractivity contribution in [3.8, 4) is 5.75 Å². The molecule has 0 aromatic heterocycles. The summed E-state index contributed by atoms with van der Waals surface area (Å²) in [5, 5.41) is 6.28. The predicted molar refractivity (Wildman–Crippen MR) is 95.6 cm³/mol. The summed E-state index contributed by atoms with van der Waals surface area (Å²) < 4.78 is 5.71. The minimum atomic E-state index is 0. The molecule has 0 atom stereocenters. The number of carbonyl (C=O) groups is 1. The molecular formula is C17H28ClN3O2. The van der Waals surface area contributed by atoms with E-state index in [4.69, 9.17) is 4.74 Å². The third-order valence-corrected chi connectivity index (χ3v) is 3.89. The van der Waals surface area contributed by atoms with Crippen molar-refractivity contribution >= 4 is 18.3 Å². The Kier molecular flexibility index (Phi) is 8.99. The summed E-state index contributed by atoms with van der Waals surface area (Å²) in [6.45, 7) is 10.3. The number of rotatable bonds is 7. The first-order valence-corrected chi connectivity index (χ1v) is 8.05. The van der Waals surface area contributed by atoms with Crippen molar-refractivity contribution in [1.82, 2.24) is 15.5 Å². The summed E-state index contributed by atoms with van der Waals surface area (Å²) in [7, 11) is 0. The van der Waals surface area contributed by atoms with Crippen LogP contribution in [-0.2, 0) is 4.79 Å². The zero-order chi connectivity index (χ0) is 15.8. The summed E-state index contributed by atoms with van der Waals surface area (Å²) in [5.41, 5.74) is 2.27. The molecule has 130 valence electrons. The van der Waals surface area contributed by atoms with Crippen LogP contribution in [0, 0.1) is 13.8 Å². The maximum atomic E-state index is 11.8. The lowest BCUT2D eigenvalue weighted by atomic mass is 10.1. The van der Waals surface area contributed by atoms with Gasteiger partial charge in [-0.25, -0.2) is 0 Å². The zero-order valence-corrected chi connectivity index (χ0v) is 14.9. The maximum absolute atomic E-state index is 11.8. The molecule has 0 aliphatic carbocycles. The van der Waals surface area contributed by atoms with Gasteiger partial charge in [0, 0.05) is 39.3 Å². The second-order valence-electron chi connectivity index (χ2n) is 5.81. The van der Waals surface area contributed by atoms with Gasteiger partial charge in [-0.15, -0.1) is 12.4 Å². The van der Waals surface area contributed by atoms with Crippen LogP contribution in [0.3, 0.4) is 0 Å². The number of amides is 1. The van der Waals surface area contributed by atoms with Gasteiger partial charge >= 0.3 is 0 Å². The Bertz CT molecular complexity index is 491. The van der Waals surface area contributed by atoms with E-state index < -0.39 is 0 Å². The molecule has 0 radical (unpaired) electrons. The molecule has 0 saturated carbocycles. The van der Waals surface area contributed by atoms with Crippen molar-refractivity contribution in [2.24, 2.45) is 0 Å². The Morgan fingerprint density at radius 1 is 1.30 bits per heavy atom. The van der Waals surface area contributed by atoms with Gasteiger partial charge in [-0.05, 0) is 31.0 Å². The number of hydrogen-bond donors (Lipinski definition) is 2. The molecule has 0 unspecified atom stereocenters. The van der Waals surface area contributed by atoms with Crippen LogP contribution < -0.4 is 15.4 Å². The first-order chi connectivity index (χ1) is 10.6. The standard InChI is InChI=1S/C17H27N3O2.ClH/c1-14-3-4-15(2)16(13-14)22-12-5-17(21)19-8-11-20-9-6-18-7-10-20;/h3-4,13,18H,5-12H2,1-2H3,(H,19,21);1H. The zero-order valence-electron chi connectivity index (χ0n) is 14.1. The number of carbonyl (C=O) groups excluding carboxylic acids is 1. The average Bonchev–Trinajstić information content (AvgIpc) is 2.52.